The van der Waals surface area contributed by atoms with Crippen LogP contribution in [0.25, 0.3) is 0 Å². The summed E-state index contributed by atoms with van der Waals surface area (Å²) in [5.74, 6) is 0.115. The lowest BCUT2D eigenvalue weighted by Crippen LogP contribution is -2.25. The lowest BCUT2D eigenvalue weighted by molar-refractivity contribution is -0.117. The Morgan fingerprint density at radius 1 is 1.12 bits per heavy atom. The summed E-state index contributed by atoms with van der Waals surface area (Å²) < 4.78 is 0. The van der Waals surface area contributed by atoms with Gasteiger partial charge in [0, 0.05) is 18.7 Å². The Hall–Kier alpha value is -2.62. The van der Waals surface area contributed by atoms with Crippen LogP contribution in [0.5, 0.6) is 0 Å². The van der Waals surface area contributed by atoms with Crippen molar-refractivity contribution < 1.29 is 9.59 Å². The lowest BCUT2D eigenvalue weighted by Gasteiger charge is -2.10. The quantitative estimate of drug-likeness (QED) is 0.861. The van der Waals surface area contributed by atoms with E-state index in [2.05, 4.69) is 17.4 Å². The topological polar surface area (TPSA) is 49.4 Å². The molecule has 0 atom stereocenters. The third-order valence-corrected chi connectivity index (χ3v) is 4.82. The first-order valence-corrected chi connectivity index (χ1v) is 8.50. The summed E-state index contributed by atoms with van der Waals surface area (Å²) in [7, 11) is 0. The maximum Gasteiger partial charge on any atom is 0.251 e. The van der Waals surface area contributed by atoms with Crippen molar-refractivity contribution in [1.82, 2.24) is 5.32 Å². The van der Waals surface area contributed by atoms with Crippen molar-refractivity contribution >= 4 is 17.5 Å². The van der Waals surface area contributed by atoms with E-state index in [9.17, 15) is 9.59 Å². The average molecular weight is 320 g/mol. The van der Waals surface area contributed by atoms with E-state index in [4.69, 9.17) is 0 Å². The first-order valence-electron chi connectivity index (χ1n) is 8.50. The fourth-order valence-corrected chi connectivity index (χ4v) is 3.66. The van der Waals surface area contributed by atoms with E-state index in [0.29, 0.717) is 18.5 Å². The van der Waals surface area contributed by atoms with Crippen LogP contribution in [-0.4, -0.2) is 24.9 Å². The number of carbonyl (C=O) groups is 2. The Morgan fingerprint density at radius 2 is 1.92 bits per heavy atom. The lowest BCUT2D eigenvalue weighted by atomic mass is 10.0. The van der Waals surface area contributed by atoms with Gasteiger partial charge < -0.3 is 10.2 Å². The van der Waals surface area contributed by atoms with Crippen molar-refractivity contribution in [2.24, 2.45) is 0 Å². The van der Waals surface area contributed by atoms with Gasteiger partial charge in [-0.05, 0) is 48.1 Å². The molecule has 0 fully saturated rings. The standard InChI is InChI=1S/C20H20N2O2/c23-18-13-16-12-17(11-15-8-10-22(18)19(15)16)20(24)21-9-4-7-14-5-2-1-3-6-14/h1-3,5-6,11-12H,4,7-10,13H2,(H,21,24). The third-order valence-electron chi connectivity index (χ3n) is 4.82. The summed E-state index contributed by atoms with van der Waals surface area (Å²) >= 11 is 0. The molecule has 0 saturated heterocycles. The van der Waals surface area contributed by atoms with Crippen LogP contribution >= 0.6 is 0 Å². The summed E-state index contributed by atoms with van der Waals surface area (Å²) in [6.45, 7) is 1.41. The fourth-order valence-electron chi connectivity index (χ4n) is 3.66. The number of amides is 2. The van der Waals surface area contributed by atoms with E-state index in [1.165, 1.54) is 5.56 Å². The van der Waals surface area contributed by atoms with Crippen molar-refractivity contribution in [2.45, 2.75) is 25.7 Å². The third kappa shape index (κ3) is 2.68. The molecule has 0 bridgehead atoms. The molecule has 4 nitrogen and oxygen atoms in total. The van der Waals surface area contributed by atoms with E-state index in [-0.39, 0.29) is 11.8 Å². The van der Waals surface area contributed by atoms with Crippen molar-refractivity contribution in [2.75, 3.05) is 18.0 Å². The summed E-state index contributed by atoms with van der Waals surface area (Å²) in [6, 6.07) is 14.1. The molecular formula is C20H20N2O2. The van der Waals surface area contributed by atoms with Crippen molar-refractivity contribution in [3.8, 4) is 0 Å². The van der Waals surface area contributed by atoms with Crippen molar-refractivity contribution in [3.05, 3.63) is 64.7 Å². The second kappa shape index (κ2) is 6.11. The Kier molecular flexibility index (Phi) is 3.81. The minimum absolute atomic E-state index is 0.0417. The molecule has 2 aromatic rings. The molecule has 2 heterocycles. The number of nitrogens with one attached hydrogen (secondary N) is 1. The highest BCUT2D eigenvalue weighted by Crippen LogP contribution is 2.38. The van der Waals surface area contributed by atoms with E-state index in [1.807, 2.05) is 35.2 Å². The number of rotatable bonds is 5. The van der Waals surface area contributed by atoms with Crippen molar-refractivity contribution in [1.29, 1.82) is 0 Å². The molecule has 0 unspecified atom stereocenters. The van der Waals surface area contributed by atoms with Gasteiger partial charge in [-0.25, -0.2) is 0 Å². The smallest absolute Gasteiger partial charge is 0.251 e. The van der Waals surface area contributed by atoms with E-state index in [0.717, 1.165) is 42.6 Å². The van der Waals surface area contributed by atoms with Gasteiger partial charge in [-0.15, -0.1) is 0 Å². The molecule has 24 heavy (non-hydrogen) atoms. The number of anilines is 1. The summed E-state index contributed by atoms with van der Waals surface area (Å²) in [6.07, 6.45) is 3.15. The normalized spacial score (nSPS) is 14.8. The molecule has 2 aliphatic heterocycles. The van der Waals surface area contributed by atoms with Gasteiger partial charge in [0.05, 0.1) is 12.1 Å². The second-order valence-corrected chi connectivity index (χ2v) is 6.46. The molecule has 4 heteroatoms. The van der Waals surface area contributed by atoms with Crippen molar-refractivity contribution in [3.63, 3.8) is 0 Å². The Balaban J connectivity index is 1.38. The van der Waals surface area contributed by atoms with E-state index >= 15 is 0 Å². The molecule has 0 saturated carbocycles. The first-order chi connectivity index (χ1) is 11.7. The maximum atomic E-state index is 12.4. The predicted molar refractivity (Wildman–Crippen MR) is 93.3 cm³/mol. The Labute approximate surface area is 141 Å². The zero-order valence-electron chi connectivity index (χ0n) is 13.5. The SMILES string of the molecule is O=C(NCCCc1ccccc1)c1cc2c3c(c1)CC(=O)N3CC2. The molecule has 2 aliphatic rings. The molecule has 0 radical (unpaired) electrons. The molecule has 0 spiro atoms. The summed E-state index contributed by atoms with van der Waals surface area (Å²) in [5, 5.41) is 3.00. The molecule has 0 aliphatic carbocycles. The van der Waals surface area contributed by atoms with E-state index in [1.54, 1.807) is 0 Å². The number of carbonyl (C=O) groups excluding carboxylic acids is 2. The van der Waals surface area contributed by atoms with Gasteiger partial charge in [-0.3, -0.25) is 9.59 Å². The molecule has 122 valence electrons. The molecule has 2 amide bonds. The van der Waals surface area contributed by atoms with Crippen LogP contribution in [0.1, 0.15) is 33.5 Å². The predicted octanol–water partition coefficient (Wildman–Crippen LogP) is 2.49. The van der Waals surface area contributed by atoms with Crippen LogP contribution in [-0.2, 0) is 24.1 Å². The maximum absolute atomic E-state index is 12.4. The van der Waals surface area contributed by atoms with Crippen LogP contribution in [0.2, 0.25) is 0 Å². The molecular weight excluding hydrogens is 300 g/mol. The molecule has 2 aromatic carbocycles. The Bertz CT molecular complexity index is 799. The summed E-state index contributed by atoms with van der Waals surface area (Å²) in [4.78, 5) is 26.2. The van der Waals surface area contributed by atoms with Gasteiger partial charge in [0.25, 0.3) is 5.91 Å². The number of aryl methyl sites for hydroxylation is 1. The monoisotopic (exact) mass is 320 g/mol. The zero-order chi connectivity index (χ0) is 16.5. The van der Waals surface area contributed by atoms with Crippen LogP contribution < -0.4 is 10.2 Å². The van der Waals surface area contributed by atoms with Crippen LogP contribution in [0.4, 0.5) is 5.69 Å². The number of nitrogens with zero attached hydrogens (tertiary/aromatic N) is 1. The van der Waals surface area contributed by atoms with Gasteiger partial charge in [0.15, 0.2) is 0 Å². The van der Waals surface area contributed by atoms with Gasteiger partial charge in [-0.1, -0.05) is 30.3 Å². The number of benzene rings is 2. The van der Waals surface area contributed by atoms with Crippen LogP contribution in [0, 0.1) is 0 Å². The molecule has 1 N–H and O–H groups in total. The minimum atomic E-state index is -0.0417. The highest BCUT2D eigenvalue weighted by atomic mass is 16.2. The van der Waals surface area contributed by atoms with Gasteiger partial charge in [0.1, 0.15) is 0 Å². The zero-order valence-corrected chi connectivity index (χ0v) is 13.5. The van der Waals surface area contributed by atoms with Gasteiger partial charge in [0.2, 0.25) is 5.91 Å². The Morgan fingerprint density at radius 3 is 2.75 bits per heavy atom. The largest absolute Gasteiger partial charge is 0.352 e. The summed E-state index contributed by atoms with van der Waals surface area (Å²) in [5.41, 5.74) is 5.16. The highest BCUT2D eigenvalue weighted by molar-refractivity contribution is 6.05. The van der Waals surface area contributed by atoms with Crippen LogP contribution in [0.3, 0.4) is 0 Å². The molecule has 0 aromatic heterocycles. The fraction of sp³-hybridized carbons (Fsp3) is 0.300. The van der Waals surface area contributed by atoms with Gasteiger partial charge in [-0.2, -0.15) is 0 Å². The second-order valence-electron chi connectivity index (χ2n) is 6.46. The highest BCUT2D eigenvalue weighted by Gasteiger charge is 2.34. The number of hydrogen-bond donors (Lipinski definition) is 1. The first kappa shape index (κ1) is 14.9. The molecule has 4 rings (SSSR count). The van der Waals surface area contributed by atoms with Gasteiger partial charge >= 0.3 is 0 Å². The average Bonchev–Trinajstić information content (AvgIpc) is 3.17. The van der Waals surface area contributed by atoms with Crippen LogP contribution in [0.15, 0.2) is 42.5 Å². The minimum Gasteiger partial charge on any atom is -0.352 e. The number of hydrogen-bond acceptors (Lipinski definition) is 2. The van der Waals surface area contributed by atoms with E-state index < -0.39 is 0 Å².